The second-order valence-corrected chi connectivity index (χ2v) is 17.4. The predicted octanol–water partition coefficient (Wildman–Crippen LogP) is 7.47. The molecule has 0 radical (unpaired) electrons. The zero-order valence-corrected chi connectivity index (χ0v) is 26.7. The van der Waals surface area contributed by atoms with E-state index in [-0.39, 0.29) is 34.7 Å². The number of amides is 1. The van der Waals surface area contributed by atoms with E-state index in [2.05, 4.69) is 44.2 Å². The number of carbonyl (C=O) groups excluding carboxylic acids is 2. The molecule has 1 aromatic heterocycles. The summed E-state index contributed by atoms with van der Waals surface area (Å²) in [6.07, 6.45) is 2.33. The number of Topliss-reactive ketones (excluding diaryl/α,β-unsaturated/α-hetero) is 1. The number of rotatable bonds is 12. The Morgan fingerprint density at radius 1 is 1.07 bits per heavy atom. The molecule has 42 heavy (non-hydrogen) atoms. The third-order valence-corrected chi connectivity index (χ3v) is 12.6. The lowest BCUT2D eigenvalue weighted by Gasteiger charge is -2.36. The lowest BCUT2D eigenvalue weighted by atomic mass is 10.1. The van der Waals surface area contributed by atoms with Crippen LogP contribution < -0.4 is 14.8 Å². The zero-order chi connectivity index (χ0) is 30.7. The van der Waals surface area contributed by atoms with Gasteiger partial charge in [-0.25, -0.2) is 9.37 Å². The first-order chi connectivity index (χ1) is 19.8. The van der Waals surface area contributed by atoms with Crippen molar-refractivity contribution in [1.29, 1.82) is 0 Å². The van der Waals surface area contributed by atoms with Gasteiger partial charge in [0, 0.05) is 11.1 Å². The number of carbonyl (C=O) groups is 2. The Bertz CT molecular complexity index is 1470. The van der Waals surface area contributed by atoms with E-state index in [1.807, 2.05) is 6.07 Å². The monoisotopic (exact) mass is 612 g/mol. The lowest BCUT2D eigenvalue weighted by molar-refractivity contribution is 0.0902. The van der Waals surface area contributed by atoms with Gasteiger partial charge in [0.25, 0.3) is 5.91 Å². The van der Waals surface area contributed by atoms with Crippen LogP contribution in [0.25, 0.3) is 11.3 Å². The van der Waals surface area contributed by atoms with Crippen LogP contribution in [0.5, 0.6) is 11.5 Å². The van der Waals surface area contributed by atoms with Crippen molar-refractivity contribution in [3.63, 3.8) is 0 Å². The number of aromatic nitrogens is 1. The van der Waals surface area contributed by atoms with Crippen LogP contribution in [-0.4, -0.2) is 45.3 Å². The number of ketones is 1. The Morgan fingerprint density at radius 3 is 2.45 bits per heavy atom. The predicted molar refractivity (Wildman–Crippen MR) is 165 cm³/mol. The first-order valence-electron chi connectivity index (χ1n) is 14.0. The Balaban J connectivity index is 1.52. The first kappa shape index (κ1) is 31.7. The van der Waals surface area contributed by atoms with Crippen LogP contribution in [0.2, 0.25) is 23.2 Å². The standard InChI is InChI=1S/C32H38ClFN2O5Si/c1-32(2,3)42(5,6)41-19-21-13-26(22-9-11-25(34)24(33)15-22)36-27(14-21)28(37)17-35-31(38)23-10-12-29(30(16-23)39-4)40-18-20-7-8-20/h9-16,20H,7-8,17-19H2,1-6H3,(H,35,38). The normalized spacial score (nSPS) is 13.5. The SMILES string of the molecule is COc1cc(C(=O)NCC(=O)c2cc(CO[Si](C)(C)C(C)(C)C)cc(-c3ccc(F)c(Cl)c3)n2)ccc1OCC1CC1. The molecular formula is C32H38ClFN2O5Si. The van der Waals surface area contributed by atoms with Crippen molar-refractivity contribution in [2.75, 3.05) is 20.3 Å². The highest BCUT2D eigenvalue weighted by molar-refractivity contribution is 6.74. The summed E-state index contributed by atoms with van der Waals surface area (Å²) in [5.74, 6) is 0.243. The third-order valence-electron chi connectivity index (χ3n) is 7.80. The second-order valence-electron chi connectivity index (χ2n) is 12.1. The van der Waals surface area contributed by atoms with Crippen molar-refractivity contribution >= 4 is 31.6 Å². The molecule has 1 N–H and O–H groups in total. The molecule has 1 saturated carbocycles. The summed E-state index contributed by atoms with van der Waals surface area (Å²) in [6, 6.07) is 12.7. The van der Waals surface area contributed by atoms with Crippen LogP contribution >= 0.6 is 11.6 Å². The van der Waals surface area contributed by atoms with E-state index in [0.717, 1.165) is 18.4 Å². The number of ether oxygens (including phenoxy) is 2. The molecule has 3 aromatic rings. The maximum atomic E-state index is 13.8. The quantitative estimate of drug-likeness (QED) is 0.169. The Morgan fingerprint density at radius 2 is 1.81 bits per heavy atom. The molecule has 0 aliphatic heterocycles. The summed E-state index contributed by atoms with van der Waals surface area (Å²) in [5, 5.41) is 2.64. The summed E-state index contributed by atoms with van der Waals surface area (Å²) >= 11 is 6.03. The van der Waals surface area contributed by atoms with E-state index in [0.29, 0.717) is 40.8 Å². The highest BCUT2D eigenvalue weighted by Gasteiger charge is 2.37. The van der Waals surface area contributed by atoms with Crippen LogP contribution in [0, 0.1) is 11.7 Å². The van der Waals surface area contributed by atoms with Crippen molar-refractivity contribution in [1.82, 2.24) is 10.3 Å². The average molecular weight is 613 g/mol. The summed E-state index contributed by atoms with van der Waals surface area (Å²) in [6.45, 7) is 11.4. The van der Waals surface area contributed by atoms with Crippen molar-refractivity contribution < 1.29 is 27.9 Å². The molecule has 0 unspecified atom stereocenters. The van der Waals surface area contributed by atoms with Crippen molar-refractivity contribution in [3.8, 4) is 22.8 Å². The molecule has 1 aliphatic carbocycles. The zero-order valence-electron chi connectivity index (χ0n) is 25.0. The number of halogens is 2. The van der Waals surface area contributed by atoms with Crippen molar-refractivity contribution in [2.45, 2.75) is 58.4 Å². The highest BCUT2D eigenvalue weighted by Crippen LogP contribution is 2.37. The van der Waals surface area contributed by atoms with Gasteiger partial charge in [0.05, 0.1) is 37.6 Å². The number of hydrogen-bond acceptors (Lipinski definition) is 6. The van der Waals surface area contributed by atoms with Crippen molar-refractivity contribution in [2.24, 2.45) is 5.92 Å². The fourth-order valence-corrected chi connectivity index (χ4v) is 5.01. The highest BCUT2D eigenvalue weighted by atomic mass is 35.5. The summed E-state index contributed by atoms with van der Waals surface area (Å²) in [5.41, 5.74) is 2.25. The molecule has 4 rings (SSSR count). The van der Waals surface area contributed by atoms with Gasteiger partial charge in [0.1, 0.15) is 11.5 Å². The van der Waals surface area contributed by atoms with E-state index in [9.17, 15) is 14.0 Å². The number of nitrogens with zero attached hydrogens (tertiary/aromatic N) is 1. The molecule has 1 amide bonds. The number of hydrogen-bond donors (Lipinski definition) is 1. The second kappa shape index (κ2) is 12.9. The summed E-state index contributed by atoms with van der Waals surface area (Å²) in [4.78, 5) is 30.7. The molecule has 7 nitrogen and oxygen atoms in total. The molecule has 10 heteroatoms. The average Bonchev–Trinajstić information content (AvgIpc) is 3.78. The molecule has 0 spiro atoms. The number of benzene rings is 2. The molecule has 224 valence electrons. The van der Waals surface area contributed by atoms with Gasteiger partial charge >= 0.3 is 0 Å². The molecule has 0 saturated heterocycles. The van der Waals surface area contributed by atoms with Gasteiger partial charge in [0.15, 0.2) is 25.6 Å². The van der Waals surface area contributed by atoms with Crippen LogP contribution in [0.15, 0.2) is 48.5 Å². The van der Waals surface area contributed by atoms with Gasteiger partial charge in [0.2, 0.25) is 0 Å². The molecule has 1 aliphatic rings. The largest absolute Gasteiger partial charge is 0.493 e. The Hall–Kier alpha value is -3.27. The third kappa shape index (κ3) is 7.96. The minimum atomic E-state index is -2.09. The molecule has 1 heterocycles. The van der Waals surface area contributed by atoms with E-state index in [1.54, 1.807) is 30.3 Å². The van der Waals surface area contributed by atoms with E-state index >= 15 is 0 Å². The molecular weight excluding hydrogens is 575 g/mol. The topological polar surface area (TPSA) is 86.8 Å². The summed E-state index contributed by atoms with van der Waals surface area (Å²) < 4.78 is 31.5. The van der Waals surface area contributed by atoms with Gasteiger partial charge in [-0.3, -0.25) is 9.59 Å². The molecule has 0 atom stereocenters. The van der Waals surface area contributed by atoms with Crippen molar-refractivity contribution in [3.05, 3.63) is 76.2 Å². The number of nitrogens with one attached hydrogen (secondary N) is 1. The van der Waals surface area contributed by atoms with Gasteiger partial charge in [-0.2, -0.15) is 0 Å². The summed E-state index contributed by atoms with van der Waals surface area (Å²) in [7, 11) is -0.567. The molecule has 2 aromatic carbocycles. The van der Waals surface area contributed by atoms with Crippen LogP contribution in [0.1, 0.15) is 60.0 Å². The molecule has 0 bridgehead atoms. The van der Waals surface area contributed by atoms with Crippen LogP contribution in [0.3, 0.4) is 0 Å². The number of methoxy groups -OCH3 is 1. The minimum Gasteiger partial charge on any atom is -0.493 e. The number of pyridine rings is 1. The van der Waals surface area contributed by atoms with Crippen LogP contribution in [0.4, 0.5) is 4.39 Å². The van der Waals surface area contributed by atoms with Gasteiger partial charge in [-0.05, 0) is 91.0 Å². The maximum Gasteiger partial charge on any atom is 0.251 e. The maximum absolute atomic E-state index is 13.8. The first-order valence-corrected chi connectivity index (χ1v) is 17.3. The minimum absolute atomic E-state index is 0.000496. The Kier molecular flexibility index (Phi) is 9.75. The van der Waals surface area contributed by atoms with E-state index in [1.165, 1.54) is 19.2 Å². The fourth-order valence-electron chi connectivity index (χ4n) is 3.87. The molecule has 1 fully saturated rings. The van der Waals surface area contributed by atoms with Gasteiger partial charge in [-0.15, -0.1) is 0 Å². The lowest BCUT2D eigenvalue weighted by Crippen LogP contribution is -2.40. The van der Waals surface area contributed by atoms with Crippen LogP contribution in [-0.2, 0) is 11.0 Å². The fraction of sp³-hybridized carbons (Fsp3) is 0.406. The van der Waals surface area contributed by atoms with Gasteiger partial charge in [-0.1, -0.05) is 32.4 Å². The Labute approximate surface area is 252 Å². The van der Waals surface area contributed by atoms with Gasteiger partial charge < -0.3 is 19.2 Å². The smallest absolute Gasteiger partial charge is 0.251 e. The van der Waals surface area contributed by atoms with E-state index < -0.39 is 20.0 Å². The van der Waals surface area contributed by atoms with E-state index in [4.69, 9.17) is 25.5 Å².